The summed E-state index contributed by atoms with van der Waals surface area (Å²) >= 11 is 5.29. The number of ether oxygens (including phenoxy) is 3. The third kappa shape index (κ3) is 3.38. The molecule has 8 heteroatoms. The minimum Gasteiger partial charge on any atom is -0.466 e. The minimum absolute atomic E-state index is 0.0376. The second kappa shape index (κ2) is 7.84. The molecule has 3 heterocycles. The Morgan fingerprint density at radius 1 is 1.26 bits per heavy atom. The van der Waals surface area contributed by atoms with Gasteiger partial charge in [0.1, 0.15) is 0 Å². The number of fused-ring (bicyclic) bond motifs is 1. The van der Waals surface area contributed by atoms with Crippen molar-refractivity contribution in [2.75, 3.05) is 13.9 Å². The maximum absolute atomic E-state index is 13.5. The van der Waals surface area contributed by atoms with Gasteiger partial charge >= 0.3 is 5.97 Å². The third-order valence-corrected chi connectivity index (χ3v) is 7.70. The Morgan fingerprint density at radius 3 is 2.74 bits per heavy atom. The van der Waals surface area contributed by atoms with Gasteiger partial charge in [-0.05, 0) is 42.5 Å². The highest BCUT2D eigenvalue weighted by Crippen LogP contribution is 2.49. The van der Waals surface area contributed by atoms with Gasteiger partial charge in [0.25, 0.3) is 0 Å². The van der Waals surface area contributed by atoms with Gasteiger partial charge in [-0.3, -0.25) is 4.79 Å². The monoisotopic (exact) mass is 501 g/mol. The van der Waals surface area contributed by atoms with Gasteiger partial charge in [-0.25, -0.2) is 4.79 Å². The standard InChI is InChI=1S/C23H20BrNO5S/c1-11-20(23(27)28-2)21(13-8-17-18(9-14(13)24)30-10-29-17)22-15(25-11)6-12(7-16(22)26)19-4-3-5-31-19/h3-5,8-9,12,21,25H,6-7,10H2,1-2H3/t12-,21+/m1/s1. The van der Waals surface area contributed by atoms with Crippen LogP contribution in [0.4, 0.5) is 0 Å². The molecule has 0 unspecified atom stereocenters. The normalized spacial score (nSPS) is 22.4. The van der Waals surface area contributed by atoms with Crippen LogP contribution in [0.2, 0.25) is 0 Å². The number of thiophene rings is 1. The molecular weight excluding hydrogens is 482 g/mol. The summed E-state index contributed by atoms with van der Waals surface area (Å²) in [5, 5.41) is 5.38. The van der Waals surface area contributed by atoms with Gasteiger partial charge in [0.2, 0.25) is 6.79 Å². The van der Waals surface area contributed by atoms with Gasteiger partial charge in [0, 0.05) is 44.6 Å². The molecular formula is C23H20BrNO5S. The molecule has 6 nitrogen and oxygen atoms in total. The molecule has 1 aliphatic carbocycles. The van der Waals surface area contributed by atoms with E-state index in [-0.39, 0.29) is 18.5 Å². The number of ketones is 1. The smallest absolute Gasteiger partial charge is 0.336 e. The highest BCUT2D eigenvalue weighted by Gasteiger charge is 2.42. The number of Topliss-reactive ketones (excluding diaryl/α,β-unsaturated/α-hetero) is 1. The maximum atomic E-state index is 13.5. The second-order valence-corrected chi connectivity index (χ2v) is 9.58. The lowest BCUT2D eigenvalue weighted by atomic mass is 9.72. The number of carbonyl (C=O) groups is 2. The van der Waals surface area contributed by atoms with Gasteiger partial charge in [-0.1, -0.05) is 22.0 Å². The number of dihydropyridines is 1. The van der Waals surface area contributed by atoms with E-state index in [9.17, 15) is 9.59 Å². The lowest BCUT2D eigenvalue weighted by Crippen LogP contribution is -2.36. The van der Waals surface area contributed by atoms with E-state index in [2.05, 4.69) is 27.3 Å². The number of carbonyl (C=O) groups excluding carboxylic acids is 2. The van der Waals surface area contributed by atoms with Crippen LogP contribution >= 0.6 is 27.3 Å². The van der Waals surface area contributed by atoms with Crippen LogP contribution in [-0.4, -0.2) is 25.7 Å². The van der Waals surface area contributed by atoms with Crippen LogP contribution in [-0.2, 0) is 14.3 Å². The molecule has 0 amide bonds. The molecule has 31 heavy (non-hydrogen) atoms. The Bertz CT molecular complexity index is 1150. The van der Waals surface area contributed by atoms with Crippen LogP contribution in [0.3, 0.4) is 0 Å². The second-order valence-electron chi connectivity index (χ2n) is 7.75. The number of allylic oxidation sites excluding steroid dienone is 3. The fourth-order valence-corrected chi connectivity index (χ4v) is 5.99. The quantitative estimate of drug-likeness (QED) is 0.610. The molecule has 0 spiro atoms. The van der Waals surface area contributed by atoms with Gasteiger partial charge < -0.3 is 19.5 Å². The van der Waals surface area contributed by atoms with Crippen molar-refractivity contribution in [3.63, 3.8) is 0 Å². The molecule has 1 N–H and O–H groups in total. The first-order chi connectivity index (χ1) is 15.0. The molecule has 1 aromatic carbocycles. The van der Waals surface area contributed by atoms with Gasteiger partial charge in [-0.2, -0.15) is 0 Å². The molecule has 2 atom stereocenters. The molecule has 3 aliphatic rings. The van der Waals surface area contributed by atoms with Gasteiger partial charge in [0.15, 0.2) is 17.3 Å². The van der Waals surface area contributed by atoms with E-state index in [0.717, 1.165) is 15.7 Å². The van der Waals surface area contributed by atoms with E-state index in [1.165, 1.54) is 12.0 Å². The lowest BCUT2D eigenvalue weighted by Gasteiger charge is -2.36. The molecule has 5 rings (SSSR count). The molecule has 160 valence electrons. The van der Waals surface area contributed by atoms with E-state index in [0.29, 0.717) is 41.2 Å². The van der Waals surface area contributed by atoms with Crippen molar-refractivity contribution >= 4 is 39.0 Å². The summed E-state index contributed by atoms with van der Waals surface area (Å²) in [4.78, 5) is 27.5. The number of methoxy groups -OCH3 is 1. The molecule has 0 bridgehead atoms. The highest BCUT2D eigenvalue weighted by atomic mass is 79.9. The summed E-state index contributed by atoms with van der Waals surface area (Å²) in [5.74, 6) is 0.388. The Labute approximate surface area is 192 Å². The SMILES string of the molecule is COC(=O)C1=C(C)NC2=C(C(=O)C[C@H](c3cccs3)C2)[C@H]1c1cc2c(cc1Br)OCO2. The van der Waals surface area contributed by atoms with Gasteiger partial charge in [0.05, 0.1) is 12.7 Å². The van der Waals surface area contributed by atoms with Crippen molar-refractivity contribution in [2.24, 2.45) is 0 Å². The van der Waals surface area contributed by atoms with Gasteiger partial charge in [-0.15, -0.1) is 11.3 Å². The van der Waals surface area contributed by atoms with E-state index in [4.69, 9.17) is 14.2 Å². The molecule has 2 aliphatic heterocycles. The number of esters is 1. The number of benzene rings is 1. The van der Waals surface area contributed by atoms with E-state index >= 15 is 0 Å². The van der Waals surface area contributed by atoms with Crippen molar-refractivity contribution in [3.8, 4) is 11.5 Å². The third-order valence-electron chi connectivity index (χ3n) is 5.98. The first-order valence-corrected chi connectivity index (χ1v) is 11.6. The number of rotatable bonds is 3. The summed E-state index contributed by atoms with van der Waals surface area (Å²) in [5.41, 5.74) is 3.40. The van der Waals surface area contributed by atoms with Crippen molar-refractivity contribution in [3.05, 3.63) is 67.1 Å². The Kier molecular flexibility index (Phi) is 5.14. The molecule has 0 fully saturated rings. The molecule has 1 aromatic heterocycles. The maximum Gasteiger partial charge on any atom is 0.336 e. The predicted molar refractivity (Wildman–Crippen MR) is 119 cm³/mol. The number of hydrogen-bond acceptors (Lipinski definition) is 7. The minimum atomic E-state index is -0.552. The predicted octanol–water partition coefficient (Wildman–Crippen LogP) is 4.77. The van der Waals surface area contributed by atoms with Crippen LogP contribution in [0.1, 0.15) is 42.0 Å². The summed E-state index contributed by atoms with van der Waals surface area (Å²) in [6.45, 7) is 1.99. The molecule has 0 saturated heterocycles. The first-order valence-electron chi connectivity index (χ1n) is 9.92. The van der Waals surface area contributed by atoms with Crippen molar-refractivity contribution in [1.29, 1.82) is 0 Å². The van der Waals surface area contributed by atoms with Crippen LogP contribution in [0.5, 0.6) is 11.5 Å². The Morgan fingerprint density at radius 2 is 2.03 bits per heavy atom. The van der Waals surface area contributed by atoms with Crippen molar-refractivity contribution in [1.82, 2.24) is 5.32 Å². The highest BCUT2D eigenvalue weighted by molar-refractivity contribution is 9.10. The van der Waals surface area contributed by atoms with Crippen LogP contribution in [0, 0.1) is 0 Å². The Balaban J connectivity index is 1.66. The van der Waals surface area contributed by atoms with E-state index < -0.39 is 11.9 Å². The topological polar surface area (TPSA) is 73.9 Å². The molecule has 0 saturated carbocycles. The summed E-state index contributed by atoms with van der Waals surface area (Å²) < 4.78 is 16.9. The summed E-state index contributed by atoms with van der Waals surface area (Å²) in [7, 11) is 1.35. The van der Waals surface area contributed by atoms with Crippen LogP contribution < -0.4 is 14.8 Å². The van der Waals surface area contributed by atoms with Crippen molar-refractivity contribution in [2.45, 2.75) is 31.6 Å². The first kappa shape index (κ1) is 20.3. The van der Waals surface area contributed by atoms with Crippen LogP contribution in [0.25, 0.3) is 0 Å². The molecule has 0 radical (unpaired) electrons. The zero-order chi connectivity index (χ0) is 21.7. The summed E-state index contributed by atoms with van der Waals surface area (Å²) in [6, 6.07) is 7.76. The lowest BCUT2D eigenvalue weighted by molar-refractivity contribution is -0.136. The van der Waals surface area contributed by atoms with E-state index in [1.807, 2.05) is 30.5 Å². The van der Waals surface area contributed by atoms with Crippen LogP contribution in [0.15, 0.2) is 56.7 Å². The summed E-state index contributed by atoms with van der Waals surface area (Å²) in [6.07, 6.45) is 1.12. The zero-order valence-corrected chi connectivity index (χ0v) is 19.4. The zero-order valence-electron chi connectivity index (χ0n) is 17.0. The largest absolute Gasteiger partial charge is 0.466 e. The number of halogens is 1. The average Bonchev–Trinajstić information content (AvgIpc) is 3.43. The number of nitrogens with one attached hydrogen (secondary N) is 1. The average molecular weight is 502 g/mol. The fourth-order valence-electron chi connectivity index (χ4n) is 4.61. The molecule has 2 aromatic rings. The van der Waals surface area contributed by atoms with E-state index in [1.54, 1.807) is 11.3 Å². The fraction of sp³-hybridized carbons (Fsp3) is 0.304. The Hall–Kier alpha value is -2.58. The van der Waals surface area contributed by atoms with Crippen molar-refractivity contribution < 1.29 is 23.8 Å². The number of hydrogen-bond donors (Lipinski definition) is 1.